The minimum absolute atomic E-state index is 0.661. The van der Waals surface area contributed by atoms with Crippen LogP contribution >= 0.6 is 11.3 Å². The molecule has 0 atom stereocenters. The molecule has 0 radical (unpaired) electrons. The second-order valence-corrected chi connectivity index (χ2v) is 13.1. The van der Waals surface area contributed by atoms with E-state index in [0.717, 1.165) is 16.7 Å². The predicted molar refractivity (Wildman–Crippen MR) is 198 cm³/mol. The van der Waals surface area contributed by atoms with Crippen molar-refractivity contribution in [3.8, 4) is 28.6 Å². The molecule has 0 aliphatic rings. The lowest BCUT2D eigenvalue weighted by Gasteiger charge is -2.10. The van der Waals surface area contributed by atoms with Crippen molar-refractivity contribution in [3.05, 3.63) is 157 Å². The summed E-state index contributed by atoms with van der Waals surface area (Å²) >= 11 is 1.87. The molecular weight excluding hydrogens is 591 g/mol. The van der Waals surface area contributed by atoms with Crippen LogP contribution in [0.2, 0.25) is 0 Å². The third-order valence-electron chi connectivity index (χ3n) is 9.56. The van der Waals surface area contributed by atoms with Crippen molar-refractivity contribution in [2.45, 2.75) is 0 Å². The van der Waals surface area contributed by atoms with Crippen LogP contribution in [0.5, 0.6) is 0 Å². The molecule has 0 N–H and O–H groups in total. The molecule has 0 saturated carbocycles. The first-order valence-electron chi connectivity index (χ1n) is 15.7. The summed E-state index contributed by atoms with van der Waals surface area (Å²) in [5.74, 6) is 0. The largest absolute Gasteiger partial charge is 0.309 e. The smallest absolute Gasteiger partial charge is 0.0991 e. The van der Waals surface area contributed by atoms with E-state index in [2.05, 4.69) is 143 Å². The molecule has 3 heterocycles. The third-order valence-corrected chi connectivity index (χ3v) is 10.8. The maximum Gasteiger partial charge on any atom is 0.0991 e. The number of hydrogen-bond donors (Lipinski definition) is 0. The van der Waals surface area contributed by atoms with Gasteiger partial charge in [-0.1, -0.05) is 78.9 Å². The van der Waals surface area contributed by atoms with E-state index in [1.54, 1.807) is 0 Å². The first-order chi connectivity index (χ1) is 23.3. The highest BCUT2D eigenvalue weighted by atomic mass is 32.1. The molecule has 0 saturated heterocycles. The number of benzene rings is 7. The van der Waals surface area contributed by atoms with Gasteiger partial charge >= 0.3 is 0 Å². The van der Waals surface area contributed by atoms with Crippen molar-refractivity contribution < 1.29 is 0 Å². The Morgan fingerprint density at radius 1 is 0.447 bits per heavy atom. The van der Waals surface area contributed by atoms with E-state index < -0.39 is 0 Å². The van der Waals surface area contributed by atoms with Crippen LogP contribution in [0, 0.1) is 11.3 Å². The van der Waals surface area contributed by atoms with Gasteiger partial charge < -0.3 is 9.13 Å². The van der Waals surface area contributed by atoms with Crippen LogP contribution < -0.4 is 0 Å². The van der Waals surface area contributed by atoms with Crippen LogP contribution in [0.1, 0.15) is 5.56 Å². The molecule has 3 aromatic heterocycles. The molecule has 0 spiro atoms. The van der Waals surface area contributed by atoms with Crippen LogP contribution in [0.3, 0.4) is 0 Å². The van der Waals surface area contributed by atoms with E-state index >= 15 is 0 Å². The van der Waals surface area contributed by atoms with Crippen LogP contribution in [0.15, 0.2) is 152 Å². The number of thiophene rings is 1. The lowest BCUT2D eigenvalue weighted by Crippen LogP contribution is -1.94. The maximum absolute atomic E-state index is 9.34. The molecule has 0 amide bonds. The molecule has 0 fully saturated rings. The Hall–Kier alpha value is -6.15. The Morgan fingerprint density at radius 2 is 1.00 bits per heavy atom. The number of fused-ring (bicyclic) bond motifs is 9. The van der Waals surface area contributed by atoms with Crippen LogP contribution in [-0.2, 0) is 0 Å². The van der Waals surface area contributed by atoms with Gasteiger partial charge in [0.05, 0.1) is 44.1 Å². The zero-order valence-electron chi connectivity index (χ0n) is 25.2. The van der Waals surface area contributed by atoms with Gasteiger partial charge in [0.2, 0.25) is 0 Å². The topological polar surface area (TPSA) is 33.6 Å². The molecule has 47 heavy (non-hydrogen) atoms. The average molecular weight is 616 g/mol. The van der Waals surface area contributed by atoms with Gasteiger partial charge in [-0.3, -0.25) is 0 Å². The fourth-order valence-electron chi connectivity index (χ4n) is 7.44. The molecule has 218 valence electrons. The van der Waals surface area contributed by atoms with Gasteiger partial charge in [0.15, 0.2) is 0 Å². The van der Waals surface area contributed by atoms with Crippen LogP contribution in [0.4, 0.5) is 0 Å². The van der Waals surface area contributed by atoms with Crippen molar-refractivity contribution in [2.24, 2.45) is 0 Å². The van der Waals surface area contributed by atoms with Crippen molar-refractivity contribution in [3.63, 3.8) is 0 Å². The van der Waals surface area contributed by atoms with Gasteiger partial charge in [-0.05, 0) is 83.9 Å². The number of rotatable bonds is 3. The SMILES string of the molecule is N#Cc1ccc(-n2c3ccccc3c3cc(-c4ccc5c(c4)c4ccccc4n5-c4cccc5c4sc4ccccc45)ccc32)cc1. The second-order valence-electron chi connectivity index (χ2n) is 12.1. The van der Waals surface area contributed by atoms with Gasteiger partial charge in [0.1, 0.15) is 0 Å². The fourth-order valence-corrected chi connectivity index (χ4v) is 8.64. The van der Waals surface area contributed by atoms with Crippen molar-refractivity contribution in [1.82, 2.24) is 9.13 Å². The van der Waals surface area contributed by atoms with Crippen LogP contribution in [0.25, 0.3) is 86.3 Å². The zero-order valence-corrected chi connectivity index (χ0v) is 26.0. The standard InChI is InChI=1S/C43H25N3S/c44-26-27-16-20-30(21-17-27)45-37-12-4-1-8-31(37)35-24-28(18-22-39(35)45)29-19-23-40-36(25-29)32-9-2-5-13-38(32)46(40)41-14-7-11-34-33-10-3-6-15-42(33)47-43(34)41/h1-25H. The predicted octanol–water partition coefficient (Wildman–Crippen LogP) is 11.8. The van der Waals surface area contributed by atoms with E-state index in [-0.39, 0.29) is 0 Å². The summed E-state index contributed by atoms with van der Waals surface area (Å²) in [5.41, 5.74) is 10.0. The third kappa shape index (κ3) is 3.78. The molecule has 3 nitrogen and oxygen atoms in total. The lowest BCUT2D eigenvalue weighted by atomic mass is 10.0. The first-order valence-corrected chi connectivity index (χ1v) is 16.6. The molecule has 10 aromatic rings. The summed E-state index contributed by atoms with van der Waals surface area (Å²) in [7, 11) is 0. The molecule has 0 aliphatic carbocycles. The number of aromatic nitrogens is 2. The molecule has 0 bridgehead atoms. The Bertz CT molecular complexity index is 2910. The highest BCUT2D eigenvalue weighted by molar-refractivity contribution is 7.26. The number of nitriles is 1. The van der Waals surface area contributed by atoms with E-state index in [1.165, 1.54) is 69.6 Å². The summed E-state index contributed by atoms with van der Waals surface area (Å²) in [5, 5.41) is 16.9. The zero-order chi connectivity index (χ0) is 31.1. The van der Waals surface area contributed by atoms with E-state index in [0.29, 0.717) is 5.56 Å². The Morgan fingerprint density at radius 3 is 1.68 bits per heavy atom. The average Bonchev–Trinajstić information content (AvgIpc) is 3.79. The van der Waals surface area contributed by atoms with Crippen molar-refractivity contribution in [1.29, 1.82) is 5.26 Å². The van der Waals surface area contributed by atoms with E-state index in [1.807, 2.05) is 35.6 Å². The van der Waals surface area contributed by atoms with E-state index in [4.69, 9.17) is 0 Å². The Balaban J connectivity index is 1.18. The highest BCUT2D eigenvalue weighted by Crippen LogP contribution is 2.42. The maximum atomic E-state index is 9.34. The van der Waals surface area contributed by atoms with Gasteiger partial charge in [-0.25, -0.2) is 0 Å². The quantitative estimate of drug-likeness (QED) is 0.195. The first kappa shape index (κ1) is 26.1. The summed E-state index contributed by atoms with van der Waals surface area (Å²) in [6, 6.07) is 56.5. The summed E-state index contributed by atoms with van der Waals surface area (Å²) in [4.78, 5) is 0. The van der Waals surface area contributed by atoms with Gasteiger partial charge in [-0.2, -0.15) is 5.26 Å². The summed E-state index contributed by atoms with van der Waals surface area (Å²) in [6.45, 7) is 0. The van der Waals surface area contributed by atoms with E-state index in [9.17, 15) is 5.26 Å². The monoisotopic (exact) mass is 615 g/mol. The molecular formula is C43H25N3S. The van der Waals surface area contributed by atoms with Crippen molar-refractivity contribution in [2.75, 3.05) is 0 Å². The van der Waals surface area contributed by atoms with Gasteiger partial charge in [-0.15, -0.1) is 11.3 Å². The number of hydrogen-bond acceptors (Lipinski definition) is 2. The summed E-state index contributed by atoms with van der Waals surface area (Å²) in [6.07, 6.45) is 0. The van der Waals surface area contributed by atoms with Gasteiger partial charge in [0.25, 0.3) is 0 Å². The van der Waals surface area contributed by atoms with Crippen LogP contribution in [-0.4, -0.2) is 9.13 Å². The number of para-hydroxylation sites is 2. The Kier molecular flexibility index (Phi) is 5.51. The Labute approximate surface area is 274 Å². The normalized spacial score (nSPS) is 11.8. The van der Waals surface area contributed by atoms with Crippen molar-refractivity contribution >= 4 is 75.1 Å². The highest BCUT2D eigenvalue weighted by Gasteiger charge is 2.18. The minimum atomic E-state index is 0.661. The number of nitrogens with zero attached hydrogens (tertiary/aromatic N) is 3. The molecule has 0 aliphatic heterocycles. The molecule has 0 unspecified atom stereocenters. The molecule has 4 heteroatoms. The minimum Gasteiger partial charge on any atom is -0.309 e. The fraction of sp³-hybridized carbons (Fsp3) is 0. The lowest BCUT2D eigenvalue weighted by molar-refractivity contribution is 1.18. The van der Waals surface area contributed by atoms with Gasteiger partial charge in [0, 0.05) is 42.7 Å². The molecule has 10 rings (SSSR count). The second kappa shape index (κ2) is 9.92. The molecule has 7 aromatic carbocycles. The summed E-state index contributed by atoms with van der Waals surface area (Å²) < 4.78 is 7.36.